The molecular formula is C7H12O. The van der Waals surface area contributed by atoms with Crippen molar-refractivity contribution in [2.75, 3.05) is 0 Å². The van der Waals surface area contributed by atoms with Crippen LogP contribution in [0.4, 0.5) is 0 Å². The second kappa shape index (κ2) is 2.85. The van der Waals surface area contributed by atoms with Crippen molar-refractivity contribution in [1.29, 1.82) is 0 Å². The van der Waals surface area contributed by atoms with Crippen LogP contribution in [0.1, 0.15) is 34.8 Å². The van der Waals surface area contributed by atoms with Crippen LogP contribution in [0.25, 0.3) is 0 Å². The summed E-state index contributed by atoms with van der Waals surface area (Å²) in [6.07, 6.45) is 3.48. The Morgan fingerprint density at radius 1 is 1.50 bits per heavy atom. The minimum absolute atomic E-state index is 0.593. The second-order valence-corrected chi connectivity index (χ2v) is 2.27. The number of carbonyl (C=O) groups is 1. The van der Waals surface area contributed by atoms with Crippen LogP contribution >= 0.6 is 0 Å². The third kappa shape index (κ3) is 1.32. The van der Waals surface area contributed by atoms with Crippen LogP contribution in [0.3, 0.4) is 0 Å². The van der Waals surface area contributed by atoms with Gasteiger partial charge >= 0.3 is 0 Å². The fourth-order valence-corrected chi connectivity index (χ4v) is 1.08. The van der Waals surface area contributed by atoms with Gasteiger partial charge in [-0.15, -0.1) is 0 Å². The molecule has 1 nitrogen and oxygen atoms in total. The molecule has 1 saturated carbocycles. The van der Waals surface area contributed by atoms with Crippen LogP contribution in [0, 0.1) is 5.89 Å². The molecule has 0 unspecified atom stereocenters. The van der Waals surface area contributed by atoms with Gasteiger partial charge in [0, 0.05) is 7.26 Å². The predicted octanol–water partition coefficient (Wildman–Crippen LogP) is 1.77. The highest BCUT2D eigenvalue weighted by molar-refractivity contribution is 5.53. The largest absolute Gasteiger partial charge is 0.303 e. The van der Waals surface area contributed by atoms with E-state index in [0.29, 0.717) is 12.8 Å². The summed E-state index contributed by atoms with van der Waals surface area (Å²) in [5.74, 6) is -1.04. The Balaban J connectivity index is 2.56. The van der Waals surface area contributed by atoms with Crippen molar-refractivity contribution >= 4 is 6.26 Å². The van der Waals surface area contributed by atoms with Crippen molar-refractivity contribution in [3.05, 3.63) is 0 Å². The number of hydrogen-bond donors (Lipinski definition) is 0. The molecule has 8 heavy (non-hydrogen) atoms. The summed E-state index contributed by atoms with van der Waals surface area (Å²) in [5.41, 5.74) is 0. The third-order valence-corrected chi connectivity index (χ3v) is 1.60. The lowest BCUT2D eigenvalue weighted by Crippen LogP contribution is -2.06. The number of hydrogen-bond acceptors (Lipinski definition) is 1. The second-order valence-electron chi connectivity index (χ2n) is 2.27. The van der Waals surface area contributed by atoms with E-state index in [4.69, 9.17) is 2.74 Å². The first-order valence-electron chi connectivity index (χ1n) is 4.16. The summed E-state index contributed by atoms with van der Waals surface area (Å²) >= 11 is 0. The molecule has 0 spiro atoms. The highest BCUT2D eigenvalue weighted by Gasteiger charge is 2.10. The zero-order chi connectivity index (χ0) is 7.61. The Kier molecular flexibility index (Phi) is 1.30. The van der Waals surface area contributed by atoms with Gasteiger partial charge < -0.3 is 4.79 Å². The zero-order valence-corrected chi connectivity index (χ0v) is 4.94. The Hall–Kier alpha value is -0.330. The maximum atomic E-state index is 10.6. The van der Waals surface area contributed by atoms with Gasteiger partial charge in [0.25, 0.3) is 0 Å². The average molecular weight is 114 g/mol. The highest BCUT2D eigenvalue weighted by Crippen LogP contribution is 2.21. The van der Waals surface area contributed by atoms with E-state index >= 15 is 0 Å². The van der Waals surface area contributed by atoms with Crippen molar-refractivity contribution in [2.45, 2.75) is 32.1 Å². The van der Waals surface area contributed by atoms with Crippen LogP contribution in [-0.4, -0.2) is 6.26 Å². The molecule has 1 aliphatic carbocycles. The van der Waals surface area contributed by atoms with Crippen molar-refractivity contribution in [3.8, 4) is 0 Å². The Bertz CT molecular complexity index is 139. The van der Waals surface area contributed by atoms with Gasteiger partial charge in [0.2, 0.25) is 0 Å². The number of carbonyl (C=O) groups excluding carboxylic acids is 1. The Morgan fingerprint density at radius 3 is 2.50 bits per heavy atom. The normalized spacial score (nSPS) is 30.5. The predicted molar refractivity (Wildman–Crippen MR) is 32.6 cm³/mol. The average Bonchev–Trinajstić information content (AvgIpc) is 1.89. The molecule has 1 heteroatoms. The van der Waals surface area contributed by atoms with E-state index in [0.717, 1.165) is 19.3 Å². The van der Waals surface area contributed by atoms with Crippen LogP contribution < -0.4 is 0 Å². The first kappa shape index (κ1) is 3.65. The summed E-state index contributed by atoms with van der Waals surface area (Å²) in [6.45, 7) is 0. The SMILES string of the molecule is [2H]C(=O)C1([2H])CCCCC1. The number of rotatable bonds is 1. The lowest BCUT2D eigenvalue weighted by molar-refractivity contribution is -0.111. The van der Waals surface area contributed by atoms with E-state index in [9.17, 15) is 4.79 Å². The summed E-state index contributed by atoms with van der Waals surface area (Å²) in [5, 5.41) is 0. The molecule has 0 saturated heterocycles. The fraction of sp³-hybridized carbons (Fsp3) is 0.857. The first-order valence-corrected chi connectivity index (χ1v) is 3.16. The standard InChI is InChI=1S/C7H12O/c8-6-7-4-2-1-3-5-7/h6-7H,1-5H2/i6D,7D. The molecule has 0 bridgehead atoms. The summed E-state index contributed by atoms with van der Waals surface area (Å²) in [7, 11) is 0. The molecule has 0 atom stereocenters. The van der Waals surface area contributed by atoms with E-state index in [1.54, 1.807) is 0 Å². The van der Waals surface area contributed by atoms with Gasteiger partial charge in [-0.25, -0.2) is 0 Å². The molecular weight excluding hydrogens is 100 g/mol. The minimum atomic E-state index is -1.04. The molecule has 0 aromatic heterocycles. The molecule has 1 fully saturated rings. The van der Waals surface area contributed by atoms with Crippen molar-refractivity contribution in [3.63, 3.8) is 0 Å². The molecule has 0 aromatic rings. The van der Waals surface area contributed by atoms with Gasteiger partial charge in [-0.05, 0) is 12.8 Å². The van der Waals surface area contributed by atoms with Crippen LogP contribution in [0.2, 0.25) is 0 Å². The maximum Gasteiger partial charge on any atom is 0.123 e. The highest BCUT2D eigenvalue weighted by atomic mass is 16.1. The van der Waals surface area contributed by atoms with Crippen LogP contribution in [0.15, 0.2) is 0 Å². The molecule has 46 valence electrons. The molecule has 1 aliphatic rings. The van der Waals surface area contributed by atoms with Gasteiger partial charge in [-0.1, -0.05) is 19.3 Å². The molecule has 0 aliphatic heterocycles. The van der Waals surface area contributed by atoms with Gasteiger partial charge in [0.15, 0.2) is 0 Å². The van der Waals surface area contributed by atoms with E-state index in [-0.39, 0.29) is 0 Å². The molecule has 0 heterocycles. The molecule has 1 rings (SSSR count). The molecule has 0 aromatic carbocycles. The van der Waals surface area contributed by atoms with Crippen LogP contribution in [-0.2, 0) is 4.79 Å². The van der Waals surface area contributed by atoms with E-state index in [1.165, 1.54) is 0 Å². The maximum absolute atomic E-state index is 10.6. The molecule has 0 amide bonds. The van der Waals surface area contributed by atoms with Gasteiger partial charge in [0.05, 0.1) is 0 Å². The Morgan fingerprint density at radius 2 is 2.12 bits per heavy atom. The molecule has 0 N–H and O–H groups in total. The van der Waals surface area contributed by atoms with E-state index in [1.807, 2.05) is 0 Å². The third-order valence-electron chi connectivity index (χ3n) is 1.60. The first-order chi connectivity index (χ1) is 4.65. The van der Waals surface area contributed by atoms with E-state index < -0.39 is 12.2 Å². The van der Waals surface area contributed by atoms with Gasteiger partial charge in [0.1, 0.15) is 7.63 Å². The van der Waals surface area contributed by atoms with Crippen LogP contribution in [0.5, 0.6) is 0 Å². The monoisotopic (exact) mass is 114 g/mol. The number of aldehydes is 1. The van der Waals surface area contributed by atoms with Crippen molar-refractivity contribution < 1.29 is 7.54 Å². The quantitative estimate of drug-likeness (QED) is 0.475. The Labute approximate surface area is 52.9 Å². The van der Waals surface area contributed by atoms with E-state index in [2.05, 4.69) is 0 Å². The lowest BCUT2D eigenvalue weighted by Gasteiger charge is -2.14. The fourth-order valence-electron chi connectivity index (χ4n) is 1.08. The smallest absolute Gasteiger partial charge is 0.123 e. The van der Waals surface area contributed by atoms with Crippen molar-refractivity contribution in [2.24, 2.45) is 5.89 Å². The lowest BCUT2D eigenvalue weighted by atomic mass is 9.91. The summed E-state index contributed by atoms with van der Waals surface area (Å²) in [6, 6.07) is 0. The zero-order valence-electron chi connectivity index (χ0n) is 6.94. The van der Waals surface area contributed by atoms with Gasteiger partial charge in [-0.2, -0.15) is 0 Å². The topological polar surface area (TPSA) is 17.1 Å². The van der Waals surface area contributed by atoms with Crippen molar-refractivity contribution in [1.82, 2.24) is 0 Å². The summed E-state index contributed by atoms with van der Waals surface area (Å²) < 4.78 is 14.4. The molecule has 0 radical (unpaired) electrons. The minimum Gasteiger partial charge on any atom is -0.303 e. The summed E-state index contributed by atoms with van der Waals surface area (Å²) in [4.78, 5) is 10.6. The van der Waals surface area contributed by atoms with Gasteiger partial charge in [-0.3, -0.25) is 0 Å².